The SMILES string of the molecule is CCCCCCCCCCCCNC(=O)[C@@H]1CCN1C(=O)[C@@H]1CCN1C(=O)OC(C)(C)C. The van der Waals surface area contributed by atoms with Crippen molar-refractivity contribution < 1.29 is 19.1 Å². The molecule has 2 heterocycles. The summed E-state index contributed by atoms with van der Waals surface area (Å²) in [5, 5.41) is 3.00. The number of hydrogen-bond acceptors (Lipinski definition) is 4. The molecule has 0 aromatic heterocycles. The number of unbranched alkanes of at least 4 members (excludes halogenated alkanes) is 9. The van der Waals surface area contributed by atoms with Gasteiger partial charge < -0.3 is 15.0 Å². The average Bonchev–Trinajstić information content (AvgIpc) is 2.62. The molecular weight excluding hydrogens is 406 g/mol. The molecule has 0 aromatic rings. The van der Waals surface area contributed by atoms with E-state index in [1.807, 2.05) is 20.8 Å². The molecule has 2 aliphatic heterocycles. The monoisotopic (exact) mass is 451 g/mol. The van der Waals surface area contributed by atoms with Gasteiger partial charge in [-0.2, -0.15) is 0 Å². The minimum Gasteiger partial charge on any atom is -0.444 e. The molecule has 2 fully saturated rings. The van der Waals surface area contributed by atoms with Crippen LogP contribution in [-0.2, 0) is 14.3 Å². The molecule has 0 unspecified atom stereocenters. The van der Waals surface area contributed by atoms with Gasteiger partial charge in [0, 0.05) is 19.6 Å². The van der Waals surface area contributed by atoms with E-state index < -0.39 is 23.8 Å². The Morgan fingerprint density at radius 2 is 1.34 bits per heavy atom. The Balaban J connectivity index is 1.59. The van der Waals surface area contributed by atoms with Crippen LogP contribution in [-0.4, -0.2) is 65.0 Å². The van der Waals surface area contributed by atoms with Crippen LogP contribution in [0, 0.1) is 0 Å². The first-order chi connectivity index (χ1) is 15.2. The zero-order valence-corrected chi connectivity index (χ0v) is 20.8. The van der Waals surface area contributed by atoms with Gasteiger partial charge in [0.2, 0.25) is 11.8 Å². The van der Waals surface area contributed by atoms with Crippen molar-refractivity contribution in [3.05, 3.63) is 0 Å². The molecular formula is C25H45N3O4. The molecule has 7 heteroatoms. The molecule has 32 heavy (non-hydrogen) atoms. The summed E-state index contributed by atoms with van der Waals surface area (Å²) in [6.45, 7) is 9.45. The number of likely N-dealkylation sites (tertiary alicyclic amines) is 2. The molecule has 2 atom stereocenters. The highest BCUT2D eigenvalue weighted by molar-refractivity contribution is 5.93. The van der Waals surface area contributed by atoms with Crippen molar-refractivity contribution in [1.82, 2.24) is 15.1 Å². The standard InChI is InChI=1S/C25H45N3O4/c1-5-6-7-8-9-10-11-12-13-14-17-26-22(29)20-15-18-27(20)23(30)21-16-19-28(21)24(31)32-25(2,3)4/h20-21H,5-19H2,1-4H3,(H,26,29)/t20-,21-/m0/s1. The van der Waals surface area contributed by atoms with Crippen molar-refractivity contribution in [2.75, 3.05) is 19.6 Å². The van der Waals surface area contributed by atoms with Crippen LogP contribution >= 0.6 is 0 Å². The third kappa shape index (κ3) is 8.28. The zero-order valence-electron chi connectivity index (χ0n) is 20.8. The average molecular weight is 452 g/mol. The summed E-state index contributed by atoms with van der Waals surface area (Å²) < 4.78 is 5.39. The summed E-state index contributed by atoms with van der Waals surface area (Å²) in [7, 11) is 0. The van der Waals surface area contributed by atoms with Crippen LogP contribution < -0.4 is 5.32 Å². The van der Waals surface area contributed by atoms with Gasteiger partial charge in [-0.15, -0.1) is 0 Å². The minimum absolute atomic E-state index is 0.0661. The Labute approximate surface area is 194 Å². The van der Waals surface area contributed by atoms with E-state index in [0.29, 0.717) is 32.5 Å². The fourth-order valence-electron chi connectivity index (χ4n) is 4.24. The van der Waals surface area contributed by atoms with E-state index in [-0.39, 0.29) is 11.8 Å². The second kappa shape index (κ2) is 13.0. The molecule has 2 rings (SSSR count). The van der Waals surface area contributed by atoms with Crippen molar-refractivity contribution in [3.8, 4) is 0 Å². The van der Waals surface area contributed by atoms with Crippen LogP contribution in [0.3, 0.4) is 0 Å². The number of hydrogen-bond donors (Lipinski definition) is 1. The fraction of sp³-hybridized carbons (Fsp3) is 0.880. The number of nitrogens with one attached hydrogen (secondary N) is 1. The first-order valence-corrected chi connectivity index (χ1v) is 12.8. The van der Waals surface area contributed by atoms with Crippen LogP contribution in [0.2, 0.25) is 0 Å². The molecule has 2 aliphatic rings. The molecule has 3 amide bonds. The first kappa shape index (κ1) is 26.5. The van der Waals surface area contributed by atoms with Gasteiger partial charge in [-0.05, 0) is 40.0 Å². The lowest BCUT2D eigenvalue weighted by molar-refractivity contribution is -0.154. The lowest BCUT2D eigenvalue weighted by Crippen LogP contribution is -2.66. The number of carbonyl (C=O) groups is 3. The van der Waals surface area contributed by atoms with Crippen LogP contribution in [0.5, 0.6) is 0 Å². The molecule has 7 nitrogen and oxygen atoms in total. The Morgan fingerprint density at radius 1 is 0.812 bits per heavy atom. The smallest absolute Gasteiger partial charge is 0.410 e. The lowest BCUT2D eigenvalue weighted by Gasteiger charge is -2.47. The zero-order chi connectivity index (χ0) is 23.6. The van der Waals surface area contributed by atoms with Crippen molar-refractivity contribution in [2.24, 2.45) is 0 Å². The second-order valence-electron chi connectivity index (χ2n) is 10.3. The van der Waals surface area contributed by atoms with Gasteiger partial charge in [0.15, 0.2) is 0 Å². The van der Waals surface area contributed by atoms with Gasteiger partial charge >= 0.3 is 6.09 Å². The van der Waals surface area contributed by atoms with Crippen molar-refractivity contribution >= 4 is 17.9 Å². The summed E-state index contributed by atoms with van der Waals surface area (Å²) in [6.07, 6.45) is 13.5. The Morgan fingerprint density at radius 3 is 1.81 bits per heavy atom. The Kier molecular flexibility index (Phi) is 10.8. The predicted molar refractivity (Wildman–Crippen MR) is 126 cm³/mol. The molecule has 0 bridgehead atoms. The highest BCUT2D eigenvalue weighted by Crippen LogP contribution is 2.27. The summed E-state index contributed by atoms with van der Waals surface area (Å²) >= 11 is 0. The number of rotatable bonds is 13. The van der Waals surface area contributed by atoms with Gasteiger partial charge in [0.1, 0.15) is 17.7 Å². The third-order valence-electron chi connectivity index (χ3n) is 6.37. The van der Waals surface area contributed by atoms with Crippen LogP contribution in [0.4, 0.5) is 4.79 Å². The maximum atomic E-state index is 12.9. The van der Waals surface area contributed by atoms with Crippen LogP contribution in [0.15, 0.2) is 0 Å². The molecule has 184 valence electrons. The van der Waals surface area contributed by atoms with Crippen molar-refractivity contribution in [3.63, 3.8) is 0 Å². The summed E-state index contributed by atoms with van der Waals surface area (Å²) in [4.78, 5) is 40.8. The van der Waals surface area contributed by atoms with E-state index in [0.717, 1.165) is 12.8 Å². The first-order valence-electron chi connectivity index (χ1n) is 12.8. The largest absolute Gasteiger partial charge is 0.444 e. The molecule has 0 saturated carbocycles. The van der Waals surface area contributed by atoms with E-state index in [1.54, 1.807) is 4.90 Å². The highest BCUT2D eigenvalue weighted by atomic mass is 16.6. The second-order valence-corrected chi connectivity index (χ2v) is 10.3. The van der Waals surface area contributed by atoms with Gasteiger partial charge in [0.05, 0.1) is 0 Å². The lowest BCUT2D eigenvalue weighted by atomic mass is 9.96. The molecule has 0 aliphatic carbocycles. The van der Waals surface area contributed by atoms with Crippen molar-refractivity contribution in [1.29, 1.82) is 0 Å². The summed E-state index contributed by atoms with van der Waals surface area (Å²) in [5.74, 6) is -0.198. The topological polar surface area (TPSA) is 79.0 Å². The van der Waals surface area contributed by atoms with Crippen LogP contribution in [0.1, 0.15) is 105 Å². The van der Waals surface area contributed by atoms with E-state index in [2.05, 4.69) is 12.2 Å². The maximum Gasteiger partial charge on any atom is 0.410 e. The van der Waals surface area contributed by atoms with E-state index >= 15 is 0 Å². The quantitative estimate of drug-likeness (QED) is 0.414. The normalized spacial score (nSPS) is 20.4. The minimum atomic E-state index is -0.589. The number of nitrogens with zero attached hydrogens (tertiary/aromatic N) is 2. The maximum absolute atomic E-state index is 12.9. The Bertz CT molecular complexity index is 617. The molecule has 0 radical (unpaired) electrons. The van der Waals surface area contributed by atoms with E-state index in [1.165, 1.54) is 56.3 Å². The number of ether oxygens (including phenoxy) is 1. The van der Waals surface area contributed by atoms with Crippen LogP contribution in [0.25, 0.3) is 0 Å². The fourth-order valence-corrected chi connectivity index (χ4v) is 4.24. The third-order valence-corrected chi connectivity index (χ3v) is 6.37. The van der Waals surface area contributed by atoms with Gasteiger partial charge in [0.25, 0.3) is 0 Å². The predicted octanol–water partition coefficient (Wildman–Crippen LogP) is 4.63. The van der Waals surface area contributed by atoms with Gasteiger partial charge in [-0.1, -0.05) is 64.7 Å². The molecule has 1 N–H and O–H groups in total. The van der Waals surface area contributed by atoms with E-state index in [9.17, 15) is 14.4 Å². The summed E-state index contributed by atoms with van der Waals surface area (Å²) in [5.41, 5.74) is -0.589. The van der Waals surface area contributed by atoms with Crippen molar-refractivity contribution in [2.45, 2.75) is 122 Å². The van der Waals surface area contributed by atoms with E-state index in [4.69, 9.17) is 4.74 Å². The number of amides is 3. The molecule has 0 spiro atoms. The summed E-state index contributed by atoms with van der Waals surface area (Å²) in [6, 6.07) is -0.894. The highest BCUT2D eigenvalue weighted by Gasteiger charge is 2.46. The van der Waals surface area contributed by atoms with Gasteiger partial charge in [-0.3, -0.25) is 14.5 Å². The molecule has 2 saturated heterocycles. The number of carbonyl (C=O) groups excluding carboxylic acids is 3. The Hall–Kier alpha value is -1.79. The molecule has 0 aromatic carbocycles. The van der Waals surface area contributed by atoms with Gasteiger partial charge in [-0.25, -0.2) is 4.79 Å².